The first kappa shape index (κ1) is 19.5. The van der Waals surface area contributed by atoms with Gasteiger partial charge in [-0.1, -0.05) is 42.5 Å². The van der Waals surface area contributed by atoms with Gasteiger partial charge in [0.2, 0.25) is 5.91 Å². The molecule has 1 aliphatic carbocycles. The number of piperidine rings is 1. The van der Waals surface area contributed by atoms with Crippen LogP contribution in [0.3, 0.4) is 0 Å². The van der Waals surface area contributed by atoms with Gasteiger partial charge in [-0.3, -0.25) is 9.59 Å². The first-order chi connectivity index (χ1) is 14.6. The number of likely N-dealkylation sites (tertiary alicyclic amines) is 1. The van der Waals surface area contributed by atoms with E-state index >= 15 is 0 Å². The average molecular weight is 405 g/mol. The molecule has 3 aliphatic rings. The predicted molar refractivity (Wildman–Crippen MR) is 112 cm³/mol. The fourth-order valence-corrected chi connectivity index (χ4v) is 4.94. The van der Waals surface area contributed by atoms with Crippen molar-refractivity contribution in [3.63, 3.8) is 0 Å². The number of ether oxygens (including phenoxy) is 2. The fraction of sp³-hybridized carbons (Fsp3) is 0.440. The van der Waals surface area contributed by atoms with Crippen molar-refractivity contribution in [3.05, 3.63) is 70.8 Å². The number of hydrogen-bond acceptors (Lipinski definition) is 4. The Hall–Kier alpha value is -2.50. The summed E-state index contributed by atoms with van der Waals surface area (Å²) in [6, 6.07) is 16.5. The lowest BCUT2D eigenvalue weighted by atomic mass is 9.98. The first-order valence-corrected chi connectivity index (χ1v) is 10.9. The molecule has 1 amide bonds. The summed E-state index contributed by atoms with van der Waals surface area (Å²) >= 11 is 0. The van der Waals surface area contributed by atoms with E-state index in [9.17, 15) is 9.59 Å². The second-order valence-electron chi connectivity index (χ2n) is 8.61. The van der Waals surface area contributed by atoms with Gasteiger partial charge in [-0.15, -0.1) is 0 Å². The second-order valence-corrected chi connectivity index (χ2v) is 8.61. The number of hydrogen-bond donors (Lipinski definition) is 0. The van der Waals surface area contributed by atoms with Crippen LogP contribution >= 0.6 is 0 Å². The third-order valence-corrected chi connectivity index (χ3v) is 6.64. The molecule has 0 N–H and O–H groups in total. The Kier molecular flexibility index (Phi) is 5.17. The van der Waals surface area contributed by atoms with Crippen molar-refractivity contribution in [3.8, 4) is 0 Å². The monoisotopic (exact) mass is 405 g/mol. The lowest BCUT2D eigenvalue weighted by Crippen LogP contribution is -2.47. The molecule has 2 aromatic carbocycles. The fourth-order valence-electron chi connectivity index (χ4n) is 4.94. The van der Waals surface area contributed by atoms with Crippen LogP contribution in [0.1, 0.15) is 46.3 Å². The molecule has 1 spiro atoms. The molecule has 2 saturated heterocycles. The van der Waals surface area contributed by atoms with Crippen LogP contribution in [0.2, 0.25) is 0 Å². The summed E-state index contributed by atoms with van der Waals surface area (Å²) in [6.07, 6.45) is 3.18. The first-order valence-electron chi connectivity index (χ1n) is 10.9. The van der Waals surface area contributed by atoms with Crippen LogP contribution in [0, 0.1) is 5.92 Å². The number of nitrogens with zero attached hydrogens (tertiary/aromatic N) is 1. The Morgan fingerprint density at radius 2 is 1.73 bits per heavy atom. The van der Waals surface area contributed by atoms with Crippen LogP contribution in [-0.2, 0) is 27.1 Å². The molecular formula is C25H27NO4. The maximum Gasteiger partial charge on any atom is 0.223 e. The van der Waals surface area contributed by atoms with Gasteiger partial charge in [0.25, 0.3) is 0 Å². The van der Waals surface area contributed by atoms with Gasteiger partial charge in [0.05, 0.1) is 13.2 Å². The Morgan fingerprint density at radius 1 is 1.00 bits per heavy atom. The molecular weight excluding hydrogens is 378 g/mol. The molecule has 0 aromatic heterocycles. The summed E-state index contributed by atoms with van der Waals surface area (Å²) in [5, 5.41) is 0. The van der Waals surface area contributed by atoms with Gasteiger partial charge in [-0.2, -0.15) is 0 Å². The highest BCUT2D eigenvalue weighted by atomic mass is 16.7. The van der Waals surface area contributed by atoms with Crippen molar-refractivity contribution < 1.29 is 19.1 Å². The van der Waals surface area contributed by atoms with Gasteiger partial charge < -0.3 is 14.4 Å². The number of Topliss-reactive ketones (excluding diaryl/α,β-unsaturated/α-hetero) is 1. The summed E-state index contributed by atoms with van der Waals surface area (Å²) in [5.74, 6) is -0.539. The zero-order valence-electron chi connectivity index (χ0n) is 17.1. The minimum Gasteiger partial charge on any atom is -0.347 e. The molecule has 1 atom stereocenters. The van der Waals surface area contributed by atoms with E-state index in [0.29, 0.717) is 45.6 Å². The van der Waals surface area contributed by atoms with E-state index in [2.05, 4.69) is 24.3 Å². The lowest BCUT2D eigenvalue weighted by molar-refractivity contribution is -0.187. The number of ketones is 1. The maximum atomic E-state index is 13.0. The smallest absolute Gasteiger partial charge is 0.223 e. The molecule has 5 heteroatoms. The minimum absolute atomic E-state index is 0.0681. The van der Waals surface area contributed by atoms with E-state index in [0.717, 1.165) is 23.1 Å². The Balaban J connectivity index is 1.21. The summed E-state index contributed by atoms with van der Waals surface area (Å²) < 4.78 is 11.5. The van der Waals surface area contributed by atoms with Crippen LogP contribution in [0.5, 0.6) is 0 Å². The van der Waals surface area contributed by atoms with Crippen molar-refractivity contribution in [2.75, 3.05) is 26.3 Å². The SMILES string of the molecule is O=C1c2cc(Cc3ccccc3)ccc2CC1CC(=O)N1CCC2(CC1)OCCO2. The molecule has 0 bridgehead atoms. The maximum absolute atomic E-state index is 13.0. The molecule has 0 radical (unpaired) electrons. The number of benzene rings is 2. The zero-order valence-corrected chi connectivity index (χ0v) is 17.1. The normalized spacial score (nSPS) is 22.5. The third kappa shape index (κ3) is 3.80. The number of carbonyl (C=O) groups excluding carboxylic acids is 2. The molecule has 2 fully saturated rings. The number of fused-ring (bicyclic) bond motifs is 1. The van der Waals surface area contributed by atoms with Crippen LogP contribution in [0.25, 0.3) is 0 Å². The van der Waals surface area contributed by atoms with Crippen molar-refractivity contribution in [2.24, 2.45) is 5.92 Å². The standard InChI is InChI=1S/C25H27NO4/c27-23(26-10-8-25(9-11-26)29-12-13-30-25)17-21-16-20-7-6-19(15-22(20)24(21)28)14-18-4-2-1-3-5-18/h1-7,15,21H,8-14,16-17H2. The molecule has 5 rings (SSSR count). The summed E-state index contributed by atoms with van der Waals surface area (Å²) in [4.78, 5) is 27.7. The van der Waals surface area contributed by atoms with E-state index in [1.54, 1.807) is 0 Å². The zero-order chi connectivity index (χ0) is 20.6. The summed E-state index contributed by atoms with van der Waals surface area (Å²) in [5.41, 5.74) is 4.23. The van der Waals surface area contributed by atoms with Crippen molar-refractivity contribution >= 4 is 11.7 Å². The largest absolute Gasteiger partial charge is 0.347 e. The molecule has 0 saturated carbocycles. The number of rotatable bonds is 4. The number of carbonyl (C=O) groups is 2. The highest BCUT2D eigenvalue weighted by Crippen LogP contribution is 2.34. The van der Waals surface area contributed by atoms with Gasteiger partial charge in [-0.25, -0.2) is 0 Å². The Bertz CT molecular complexity index is 939. The molecule has 30 heavy (non-hydrogen) atoms. The van der Waals surface area contributed by atoms with E-state index in [-0.39, 0.29) is 24.0 Å². The van der Waals surface area contributed by atoms with Crippen LogP contribution in [-0.4, -0.2) is 48.7 Å². The van der Waals surface area contributed by atoms with E-state index in [4.69, 9.17) is 9.47 Å². The third-order valence-electron chi connectivity index (χ3n) is 6.64. The average Bonchev–Trinajstić information content (AvgIpc) is 3.34. The summed E-state index contributed by atoms with van der Waals surface area (Å²) in [7, 11) is 0. The molecule has 5 nitrogen and oxygen atoms in total. The molecule has 2 heterocycles. The van der Waals surface area contributed by atoms with Crippen molar-refractivity contribution in [1.29, 1.82) is 0 Å². The quantitative estimate of drug-likeness (QED) is 0.783. The van der Waals surface area contributed by atoms with E-state index < -0.39 is 5.79 Å². The Labute approximate surface area is 177 Å². The van der Waals surface area contributed by atoms with Crippen molar-refractivity contribution in [2.45, 2.75) is 37.9 Å². The van der Waals surface area contributed by atoms with E-state index in [1.807, 2.05) is 29.2 Å². The molecule has 2 aromatic rings. The lowest BCUT2D eigenvalue weighted by Gasteiger charge is -2.37. The van der Waals surface area contributed by atoms with Gasteiger partial charge in [0.1, 0.15) is 0 Å². The molecule has 156 valence electrons. The minimum atomic E-state index is -0.481. The van der Waals surface area contributed by atoms with E-state index in [1.165, 1.54) is 5.56 Å². The van der Waals surface area contributed by atoms with Crippen LogP contribution in [0.15, 0.2) is 48.5 Å². The highest BCUT2D eigenvalue weighted by Gasteiger charge is 2.41. The van der Waals surface area contributed by atoms with Crippen LogP contribution < -0.4 is 0 Å². The molecule has 1 unspecified atom stereocenters. The van der Waals surface area contributed by atoms with Gasteiger partial charge in [0.15, 0.2) is 11.6 Å². The van der Waals surface area contributed by atoms with Gasteiger partial charge in [-0.05, 0) is 35.6 Å². The second kappa shape index (κ2) is 7.97. The van der Waals surface area contributed by atoms with Gasteiger partial charge in [0, 0.05) is 43.8 Å². The van der Waals surface area contributed by atoms with Gasteiger partial charge >= 0.3 is 0 Å². The van der Waals surface area contributed by atoms with Crippen LogP contribution in [0.4, 0.5) is 0 Å². The Morgan fingerprint density at radius 3 is 2.47 bits per heavy atom. The topological polar surface area (TPSA) is 55.8 Å². The number of amides is 1. The molecule has 2 aliphatic heterocycles. The predicted octanol–water partition coefficient (Wildman–Crippen LogP) is 3.39. The highest BCUT2D eigenvalue weighted by molar-refractivity contribution is 6.04. The summed E-state index contributed by atoms with van der Waals surface area (Å²) in [6.45, 7) is 2.53. The van der Waals surface area contributed by atoms with Crippen molar-refractivity contribution in [1.82, 2.24) is 4.90 Å².